The van der Waals surface area contributed by atoms with E-state index in [4.69, 9.17) is 4.74 Å². The summed E-state index contributed by atoms with van der Waals surface area (Å²) >= 11 is 3.28. The molecule has 4 rings (SSSR count). The topological polar surface area (TPSA) is 68.2 Å². The number of nitrogens with zero attached hydrogens (tertiary/aromatic N) is 2. The summed E-state index contributed by atoms with van der Waals surface area (Å²) in [5, 5.41) is 9.82. The van der Waals surface area contributed by atoms with Crippen LogP contribution in [-0.4, -0.2) is 41.1 Å². The molecule has 2 N–H and O–H groups in total. The molecule has 1 saturated heterocycles. The second-order valence-electron chi connectivity index (χ2n) is 7.20. The van der Waals surface area contributed by atoms with Crippen molar-refractivity contribution in [2.75, 3.05) is 18.5 Å². The molecule has 0 radical (unpaired) electrons. The van der Waals surface area contributed by atoms with E-state index in [0.29, 0.717) is 13.2 Å². The van der Waals surface area contributed by atoms with E-state index >= 15 is 0 Å². The number of anilines is 1. The van der Waals surface area contributed by atoms with E-state index in [2.05, 4.69) is 31.7 Å². The summed E-state index contributed by atoms with van der Waals surface area (Å²) in [6.07, 6.45) is -3.01. The van der Waals surface area contributed by atoms with Gasteiger partial charge in [0.15, 0.2) is 11.7 Å². The van der Waals surface area contributed by atoms with E-state index in [-0.39, 0.29) is 28.5 Å². The highest BCUT2D eigenvalue weighted by atomic mass is 79.9. The minimum Gasteiger partial charge on any atom is -0.376 e. The first-order valence-corrected chi connectivity index (χ1v) is 10.2. The Morgan fingerprint density at radius 2 is 2.10 bits per heavy atom. The number of fused-ring (bicyclic) bond motifs is 1. The van der Waals surface area contributed by atoms with E-state index in [1.807, 2.05) is 6.07 Å². The van der Waals surface area contributed by atoms with Crippen molar-refractivity contribution in [2.45, 2.75) is 43.6 Å². The number of halogens is 4. The van der Waals surface area contributed by atoms with E-state index in [0.717, 1.165) is 23.1 Å². The van der Waals surface area contributed by atoms with Crippen LogP contribution in [-0.2, 0) is 4.74 Å². The summed E-state index contributed by atoms with van der Waals surface area (Å²) in [4.78, 5) is 12.6. The van der Waals surface area contributed by atoms with Gasteiger partial charge in [0.1, 0.15) is 5.82 Å². The van der Waals surface area contributed by atoms with Crippen LogP contribution in [0.1, 0.15) is 47.4 Å². The number of aromatic nitrogens is 2. The maximum atomic E-state index is 13.8. The molecule has 0 unspecified atom stereocenters. The number of carbonyl (C=O) groups is 1. The van der Waals surface area contributed by atoms with Crippen molar-refractivity contribution < 1.29 is 22.7 Å². The second kappa shape index (κ2) is 7.98. The first kappa shape index (κ1) is 20.2. The molecule has 10 heteroatoms. The molecule has 2 aliphatic heterocycles. The minimum absolute atomic E-state index is 0.0709. The number of hydrogen-bond acceptors (Lipinski definition) is 4. The van der Waals surface area contributed by atoms with Gasteiger partial charge < -0.3 is 15.4 Å². The van der Waals surface area contributed by atoms with Gasteiger partial charge in [-0.1, -0.05) is 30.3 Å². The Morgan fingerprint density at radius 3 is 2.76 bits per heavy atom. The van der Waals surface area contributed by atoms with Crippen LogP contribution in [0.2, 0.25) is 0 Å². The molecule has 6 nitrogen and oxygen atoms in total. The van der Waals surface area contributed by atoms with E-state index < -0.39 is 24.2 Å². The lowest BCUT2D eigenvalue weighted by Crippen LogP contribution is -2.36. The molecular formula is C19H20BrF3N4O2. The Labute approximate surface area is 173 Å². The molecule has 29 heavy (non-hydrogen) atoms. The average Bonchev–Trinajstić information content (AvgIpc) is 3.33. The zero-order valence-corrected chi connectivity index (χ0v) is 17.0. The van der Waals surface area contributed by atoms with Gasteiger partial charge in [-0.3, -0.25) is 4.79 Å². The lowest BCUT2D eigenvalue weighted by Gasteiger charge is -2.33. The Morgan fingerprint density at radius 1 is 1.34 bits per heavy atom. The number of carbonyl (C=O) groups excluding carboxylic acids is 1. The maximum absolute atomic E-state index is 13.8. The molecule has 0 aliphatic carbocycles. The number of amides is 1. The monoisotopic (exact) mass is 472 g/mol. The first-order chi connectivity index (χ1) is 13.8. The molecule has 1 amide bonds. The number of hydrogen-bond donors (Lipinski definition) is 2. The summed E-state index contributed by atoms with van der Waals surface area (Å²) in [5.74, 6) is -0.386. The SMILES string of the molecule is O=C(NC[C@@H]1CCCO1)c1nn2c(c1Br)N[C@H](c1ccccc1)C[C@@H]2C(F)(F)F. The van der Waals surface area contributed by atoms with Gasteiger partial charge in [0.25, 0.3) is 5.91 Å². The lowest BCUT2D eigenvalue weighted by molar-refractivity contribution is -0.173. The predicted octanol–water partition coefficient (Wildman–Crippen LogP) is 4.21. The number of alkyl halides is 3. The van der Waals surface area contributed by atoms with Crippen LogP contribution in [0.3, 0.4) is 0 Å². The molecule has 3 heterocycles. The third-order valence-electron chi connectivity index (χ3n) is 5.23. The fraction of sp³-hybridized carbons (Fsp3) is 0.474. The van der Waals surface area contributed by atoms with Crippen LogP contribution in [0, 0.1) is 0 Å². The zero-order valence-electron chi connectivity index (χ0n) is 15.4. The number of ether oxygens (including phenoxy) is 1. The standard InChI is InChI=1S/C19H20BrF3N4O2/c20-15-16(18(28)24-10-12-7-4-8-29-12)26-27-14(19(21,22)23)9-13(25-17(15)27)11-5-2-1-3-6-11/h1-3,5-6,12-14,25H,4,7-10H2,(H,24,28)/t12-,13-,14+/m0/s1. The largest absolute Gasteiger partial charge is 0.410 e. The zero-order chi connectivity index (χ0) is 20.6. The number of nitrogens with one attached hydrogen (secondary N) is 2. The molecule has 1 aromatic heterocycles. The molecule has 1 aromatic carbocycles. The number of benzene rings is 1. The fourth-order valence-corrected chi connectivity index (χ4v) is 4.29. The third kappa shape index (κ3) is 4.13. The Kier molecular flexibility index (Phi) is 5.56. The van der Waals surface area contributed by atoms with Gasteiger partial charge in [-0.15, -0.1) is 0 Å². The summed E-state index contributed by atoms with van der Waals surface area (Å²) in [6.45, 7) is 0.956. The molecule has 2 aliphatic rings. The Balaban J connectivity index is 1.62. The highest BCUT2D eigenvalue weighted by Crippen LogP contribution is 2.46. The summed E-state index contributed by atoms with van der Waals surface area (Å²) in [5.41, 5.74) is 0.666. The van der Waals surface area contributed by atoms with Crippen molar-refractivity contribution in [1.29, 1.82) is 0 Å². The van der Waals surface area contributed by atoms with Crippen LogP contribution in [0.15, 0.2) is 34.8 Å². The second-order valence-corrected chi connectivity index (χ2v) is 7.99. The predicted molar refractivity (Wildman–Crippen MR) is 104 cm³/mol. The summed E-state index contributed by atoms with van der Waals surface area (Å²) in [6, 6.07) is 6.55. The van der Waals surface area contributed by atoms with Crippen molar-refractivity contribution in [3.05, 3.63) is 46.1 Å². The van der Waals surface area contributed by atoms with Gasteiger partial charge in [0.2, 0.25) is 0 Å². The highest BCUT2D eigenvalue weighted by Gasteiger charge is 2.47. The Bertz CT molecular complexity index is 882. The summed E-state index contributed by atoms with van der Waals surface area (Å²) < 4.78 is 47.9. The number of rotatable bonds is 4. The molecule has 0 saturated carbocycles. The van der Waals surface area contributed by atoms with E-state index in [9.17, 15) is 18.0 Å². The van der Waals surface area contributed by atoms with Crippen molar-refractivity contribution >= 4 is 27.7 Å². The normalized spacial score (nSPS) is 24.1. The molecule has 156 valence electrons. The first-order valence-electron chi connectivity index (χ1n) is 9.40. The molecule has 3 atom stereocenters. The molecule has 1 fully saturated rings. The van der Waals surface area contributed by atoms with E-state index in [1.165, 1.54) is 0 Å². The fourth-order valence-electron chi connectivity index (χ4n) is 3.73. The van der Waals surface area contributed by atoms with Gasteiger partial charge in [0, 0.05) is 19.6 Å². The van der Waals surface area contributed by atoms with Crippen molar-refractivity contribution in [3.8, 4) is 0 Å². The Hall–Kier alpha value is -2.07. The van der Waals surface area contributed by atoms with Crippen molar-refractivity contribution in [2.24, 2.45) is 0 Å². The van der Waals surface area contributed by atoms with Crippen LogP contribution in [0.25, 0.3) is 0 Å². The van der Waals surface area contributed by atoms with Crippen LogP contribution >= 0.6 is 15.9 Å². The van der Waals surface area contributed by atoms with Crippen LogP contribution in [0.5, 0.6) is 0 Å². The minimum atomic E-state index is -4.50. The van der Waals surface area contributed by atoms with Gasteiger partial charge in [0.05, 0.1) is 16.6 Å². The smallest absolute Gasteiger partial charge is 0.376 e. The lowest BCUT2D eigenvalue weighted by atomic mass is 9.97. The highest BCUT2D eigenvalue weighted by molar-refractivity contribution is 9.10. The molecule has 0 spiro atoms. The average molecular weight is 473 g/mol. The third-order valence-corrected chi connectivity index (χ3v) is 5.98. The maximum Gasteiger partial charge on any atom is 0.410 e. The van der Waals surface area contributed by atoms with Crippen molar-refractivity contribution in [3.63, 3.8) is 0 Å². The van der Waals surface area contributed by atoms with Crippen molar-refractivity contribution in [1.82, 2.24) is 15.1 Å². The van der Waals surface area contributed by atoms with Gasteiger partial charge in [-0.05, 0) is 34.3 Å². The molecular weight excluding hydrogens is 453 g/mol. The van der Waals surface area contributed by atoms with Crippen LogP contribution < -0.4 is 10.6 Å². The molecule has 0 bridgehead atoms. The van der Waals surface area contributed by atoms with E-state index in [1.54, 1.807) is 24.3 Å². The summed E-state index contributed by atoms with van der Waals surface area (Å²) in [7, 11) is 0. The van der Waals surface area contributed by atoms with Gasteiger partial charge >= 0.3 is 6.18 Å². The van der Waals surface area contributed by atoms with Crippen LogP contribution in [0.4, 0.5) is 19.0 Å². The van der Waals surface area contributed by atoms with Gasteiger partial charge in [-0.25, -0.2) is 4.68 Å². The van der Waals surface area contributed by atoms with Gasteiger partial charge in [-0.2, -0.15) is 18.3 Å². The quantitative estimate of drug-likeness (QED) is 0.698. The molecule has 2 aromatic rings.